The fraction of sp³-hybridized carbons (Fsp3) is 0.909. The van der Waals surface area contributed by atoms with Crippen LogP contribution in [0, 0.1) is 5.92 Å². The zero-order chi connectivity index (χ0) is 11.8. The molecule has 0 heterocycles. The van der Waals surface area contributed by atoms with Crippen LogP contribution in [0.1, 0.15) is 46.0 Å². The maximum absolute atomic E-state index is 10.3. The molecule has 0 aromatic heterocycles. The Kier molecular flexibility index (Phi) is 7.34. The molecule has 0 saturated carbocycles. The van der Waals surface area contributed by atoms with Crippen LogP contribution in [0.2, 0.25) is 0 Å². The number of aliphatic hydroxyl groups is 2. The summed E-state index contributed by atoms with van der Waals surface area (Å²) in [6.45, 7) is 4.21. The zero-order valence-corrected chi connectivity index (χ0v) is 9.52. The molecular weight excluding hydrogens is 196 g/mol. The van der Waals surface area contributed by atoms with Gasteiger partial charge in [-0.25, -0.2) is 0 Å². The molecule has 0 aliphatic carbocycles. The van der Waals surface area contributed by atoms with Crippen LogP contribution in [-0.2, 0) is 4.79 Å². The summed E-state index contributed by atoms with van der Waals surface area (Å²) in [6.07, 6.45) is 0.958. The van der Waals surface area contributed by atoms with Crippen molar-refractivity contribution in [3.63, 3.8) is 0 Å². The first-order valence-electron chi connectivity index (χ1n) is 5.53. The van der Waals surface area contributed by atoms with Gasteiger partial charge in [0.25, 0.3) is 0 Å². The minimum absolute atomic E-state index is 0.155. The van der Waals surface area contributed by atoms with Crippen molar-refractivity contribution < 1.29 is 20.1 Å². The van der Waals surface area contributed by atoms with Gasteiger partial charge >= 0.3 is 5.97 Å². The van der Waals surface area contributed by atoms with Crippen molar-refractivity contribution in [1.82, 2.24) is 0 Å². The fourth-order valence-electron chi connectivity index (χ4n) is 1.40. The van der Waals surface area contributed by atoms with Gasteiger partial charge in [0.1, 0.15) is 0 Å². The molecule has 0 rings (SSSR count). The third-order valence-corrected chi connectivity index (χ3v) is 2.64. The Balaban J connectivity index is 3.63. The molecular formula is C11H22O4. The van der Waals surface area contributed by atoms with Gasteiger partial charge in [-0.2, -0.15) is 0 Å². The van der Waals surface area contributed by atoms with Crippen molar-refractivity contribution in [2.75, 3.05) is 0 Å². The van der Waals surface area contributed by atoms with Gasteiger partial charge in [-0.15, -0.1) is 0 Å². The summed E-state index contributed by atoms with van der Waals surface area (Å²) in [5.41, 5.74) is 0. The second-order valence-electron chi connectivity index (χ2n) is 4.23. The van der Waals surface area contributed by atoms with E-state index in [0.29, 0.717) is 12.3 Å². The highest BCUT2D eigenvalue weighted by Crippen LogP contribution is 2.14. The lowest BCUT2D eigenvalue weighted by Gasteiger charge is -2.16. The first-order chi connectivity index (χ1) is 6.95. The molecule has 90 valence electrons. The number of rotatable bonds is 8. The number of hydrogen-bond donors (Lipinski definition) is 3. The van der Waals surface area contributed by atoms with Crippen LogP contribution in [0.4, 0.5) is 0 Å². The van der Waals surface area contributed by atoms with Crippen LogP contribution in [0.15, 0.2) is 0 Å². The summed E-state index contributed by atoms with van der Waals surface area (Å²) in [4.78, 5) is 10.3. The number of hydrogen-bond acceptors (Lipinski definition) is 3. The van der Waals surface area contributed by atoms with Gasteiger partial charge in [0.05, 0.1) is 18.6 Å². The quantitative estimate of drug-likeness (QED) is 0.575. The summed E-state index contributed by atoms with van der Waals surface area (Å²) in [5, 5.41) is 27.2. The summed E-state index contributed by atoms with van der Waals surface area (Å²) in [7, 11) is 0. The van der Waals surface area contributed by atoms with Gasteiger partial charge < -0.3 is 15.3 Å². The predicted octanol–water partition coefficient (Wildman–Crippen LogP) is 1.40. The van der Waals surface area contributed by atoms with Crippen molar-refractivity contribution in [3.8, 4) is 0 Å². The van der Waals surface area contributed by atoms with E-state index in [-0.39, 0.29) is 12.8 Å². The van der Waals surface area contributed by atoms with E-state index in [4.69, 9.17) is 5.11 Å². The summed E-state index contributed by atoms with van der Waals surface area (Å²) in [5.74, 6) is -0.465. The Labute approximate surface area is 90.9 Å². The van der Waals surface area contributed by atoms with Crippen molar-refractivity contribution in [3.05, 3.63) is 0 Å². The molecule has 0 aliphatic rings. The van der Waals surface area contributed by atoms with Crippen LogP contribution >= 0.6 is 0 Å². The van der Waals surface area contributed by atoms with Crippen LogP contribution in [-0.4, -0.2) is 33.5 Å². The van der Waals surface area contributed by atoms with Crippen molar-refractivity contribution in [2.24, 2.45) is 5.92 Å². The van der Waals surface area contributed by atoms with E-state index in [1.807, 2.05) is 0 Å². The second-order valence-corrected chi connectivity index (χ2v) is 4.23. The molecule has 0 fully saturated rings. The van der Waals surface area contributed by atoms with E-state index in [9.17, 15) is 15.0 Å². The summed E-state index contributed by atoms with van der Waals surface area (Å²) >= 11 is 0. The largest absolute Gasteiger partial charge is 0.481 e. The Morgan fingerprint density at radius 3 is 2.27 bits per heavy atom. The Bertz CT molecular complexity index is 181. The Morgan fingerprint density at radius 2 is 1.80 bits per heavy atom. The molecule has 0 bridgehead atoms. The van der Waals surface area contributed by atoms with E-state index in [1.165, 1.54) is 0 Å². The minimum Gasteiger partial charge on any atom is -0.481 e. The maximum atomic E-state index is 10.3. The van der Waals surface area contributed by atoms with Crippen molar-refractivity contribution in [1.29, 1.82) is 0 Å². The van der Waals surface area contributed by atoms with Gasteiger partial charge in [0.15, 0.2) is 0 Å². The number of carbonyl (C=O) groups is 1. The van der Waals surface area contributed by atoms with Gasteiger partial charge in [-0.1, -0.05) is 20.3 Å². The van der Waals surface area contributed by atoms with Crippen LogP contribution < -0.4 is 0 Å². The molecule has 15 heavy (non-hydrogen) atoms. The Morgan fingerprint density at radius 1 is 1.20 bits per heavy atom. The van der Waals surface area contributed by atoms with E-state index in [2.05, 4.69) is 13.8 Å². The smallest absolute Gasteiger partial charge is 0.305 e. The van der Waals surface area contributed by atoms with Gasteiger partial charge in [-0.3, -0.25) is 4.79 Å². The molecule has 0 saturated heterocycles. The summed E-state index contributed by atoms with van der Waals surface area (Å²) < 4.78 is 0. The molecule has 0 amide bonds. The van der Waals surface area contributed by atoms with E-state index in [1.54, 1.807) is 0 Å². The lowest BCUT2D eigenvalue weighted by molar-refractivity contribution is -0.139. The average molecular weight is 218 g/mol. The zero-order valence-electron chi connectivity index (χ0n) is 9.52. The molecule has 4 heteroatoms. The fourth-order valence-corrected chi connectivity index (χ4v) is 1.40. The van der Waals surface area contributed by atoms with Gasteiger partial charge in [-0.05, 0) is 25.2 Å². The molecule has 0 radical (unpaired) electrons. The first-order valence-corrected chi connectivity index (χ1v) is 5.53. The Hall–Kier alpha value is -0.610. The SMILES string of the molecule is CC[C@H](C)CCC(O)C[C@@H](O)CC(=O)O. The highest BCUT2D eigenvalue weighted by atomic mass is 16.4. The molecule has 4 nitrogen and oxygen atoms in total. The first kappa shape index (κ1) is 14.4. The highest BCUT2D eigenvalue weighted by Gasteiger charge is 2.15. The van der Waals surface area contributed by atoms with Crippen LogP contribution in [0.25, 0.3) is 0 Å². The number of carboxylic acids is 1. The second kappa shape index (κ2) is 7.65. The van der Waals surface area contributed by atoms with E-state index < -0.39 is 18.2 Å². The molecule has 3 atom stereocenters. The molecule has 3 N–H and O–H groups in total. The number of carboxylic acid groups (broad SMARTS) is 1. The van der Waals surface area contributed by atoms with E-state index in [0.717, 1.165) is 12.8 Å². The van der Waals surface area contributed by atoms with E-state index >= 15 is 0 Å². The lowest BCUT2D eigenvalue weighted by atomic mass is 9.97. The average Bonchev–Trinajstić information content (AvgIpc) is 2.12. The predicted molar refractivity (Wildman–Crippen MR) is 57.6 cm³/mol. The topological polar surface area (TPSA) is 77.8 Å². The number of aliphatic hydroxyl groups excluding tert-OH is 2. The summed E-state index contributed by atoms with van der Waals surface area (Å²) in [6, 6.07) is 0. The van der Waals surface area contributed by atoms with Crippen molar-refractivity contribution >= 4 is 5.97 Å². The standard InChI is InChI=1S/C11H22O4/c1-3-8(2)4-5-9(12)6-10(13)7-11(14)15/h8-10,12-13H,3-7H2,1-2H3,(H,14,15)/t8-,9?,10+/m0/s1. The monoisotopic (exact) mass is 218 g/mol. The van der Waals surface area contributed by atoms with Crippen LogP contribution in [0.3, 0.4) is 0 Å². The van der Waals surface area contributed by atoms with Crippen LogP contribution in [0.5, 0.6) is 0 Å². The minimum atomic E-state index is -1.03. The van der Waals surface area contributed by atoms with Gasteiger partial charge in [0.2, 0.25) is 0 Å². The normalized spacial score (nSPS) is 17.1. The lowest BCUT2D eigenvalue weighted by Crippen LogP contribution is -2.21. The number of aliphatic carboxylic acids is 1. The van der Waals surface area contributed by atoms with Crippen molar-refractivity contribution in [2.45, 2.75) is 58.2 Å². The molecule has 0 aromatic carbocycles. The molecule has 1 unspecified atom stereocenters. The highest BCUT2D eigenvalue weighted by molar-refractivity contribution is 5.67. The molecule has 0 aromatic rings. The van der Waals surface area contributed by atoms with Gasteiger partial charge in [0, 0.05) is 0 Å². The maximum Gasteiger partial charge on any atom is 0.305 e. The molecule has 0 aliphatic heterocycles. The third kappa shape index (κ3) is 8.39. The third-order valence-electron chi connectivity index (χ3n) is 2.64. The molecule has 0 spiro atoms.